The topological polar surface area (TPSA) is 48.5 Å². The first kappa shape index (κ1) is 17.3. The van der Waals surface area contributed by atoms with Gasteiger partial charge in [-0.15, -0.1) is 0 Å². The molecule has 1 aromatic heterocycles. The summed E-state index contributed by atoms with van der Waals surface area (Å²) in [5, 5.41) is 4.09. The van der Waals surface area contributed by atoms with E-state index in [0.717, 1.165) is 35.2 Å². The normalized spacial score (nSPS) is 16.5. The summed E-state index contributed by atoms with van der Waals surface area (Å²) < 4.78 is 0. The number of para-hydroxylation sites is 2. The molecule has 5 heteroatoms. The Morgan fingerprint density at radius 2 is 1.93 bits per heavy atom. The second-order valence-electron chi connectivity index (χ2n) is 7.10. The van der Waals surface area contributed by atoms with Crippen molar-refractivity contribution in [1.29, 1.82) is 0 Å². The number of likely N-dealkylation sites (N-methyl/N-ethyl adjacent to an activating group) is 1. The predicted octanol–water partition coefficient (Wildman–Crippen LogP) is 4.29. The fraction of sp³-hybridized carbons (Fsp3) is 0.273. The average Bonchev–Trinajstić information content (AvgIpc) is 3.19. The number of likely N-dealkylation sites (tertiary alicyclic amines) is 1. The third-order valence-corrected chi connectivity index (χ3v) is 5.26. The van der Waals surface area contributed by atoms with Crippen LogP contribution in [0.15, 0.2) is 60.7 Å². The van der Waals surface area contributed by atoms with E-state index < -0.39 is 0 Å². The molecule has 1 unspecified atom stereocenters. The van der Waals surface area contributed by atoms with Gasteiger partial charge in [-0.1, -0.05) is 36.4 Å². The fourth-order valence-electron chi connectivity index (χ4n) is 3.66. The summed E-state index contributed by atoms with van der Waals surface area (Å²) in [6.45, 7) is 3.43. The summed E-state index contributed by atoms with van der Waals surface area (Å²) >= 11 is 0. The van der Waals surface area contributed by atoms with Crippen molar-refractivity contribution in [3.05, 3.63) is 66.4 Å². The third-order valence-electron chi connectivity index (χ3n) is 5.26. The lowest BCUT2D eigenvalue weighted by atomic mass is 10.2. The van der Waals surface area contributed by atoms with Gasteiger partial charge in [0.1, 0.15) is 0 Å². The molecule has 27 heavy (non-hydrogen) atoms. The van der Waals surface area contributed by atoms with Crippen LogP contribution in [0, 0.1) is 6.92 Å². The van der Waals surface area contributed by atoms with Gasteiger partial charge in [0.05, 0.1) is 11.2 Å². The highest BCUT2D eigenvalue weighted by molar-refractivity contribution is 5.99. The molecule has 0 spiro atoms. The van der Waals surface area contributed by atoms with Crippen LogP contribution in [0.1, 0.15) is 12.1 Å². The summed E-state index contributed by atoms with van der Waals surface area (Å²) in [6, 6.07) is 20.5. The van der Waals surface area contributed by atoms with Gasteiger partial charge in [0.2, 0.25) is 0 Å². The number of aromatic nitrogens is 1. The molecule has 1 N–H and O–H groups in total. The number of urea groups is 1. The van der Waals surface area contributed by atoms with Crippen molar-refractivity contribution in [3.63, 3.8) is 0 Å². The van der Waals surface area contributed by atoms with E-state index in [-0.39, 0.29) is 6.03 Å². The number of pyridine rings is 1. The van der Waals surface area contributed by atoms with Crippen molar-refractivity contribution in [1.82, 2.24) is 9.88 Å². The number of benzene rings is 2. The standard InChI is InChI=1S/C22H24N4O/c1-16-11-12-17-7-6-10-20(21(17)23-16)24-22(27)26-14-13-19(15-26)25(2)18-8-4-3-5-9-18/h3-12,19H,13-15H2,1-2H3,(H,24,27). The van der Waals surface area contributed by atoms with E-state index in [4.69, 9.17) is 0 Å². The monoisotopic (exact) mass is 360 g/mol. The zero-order chi connectivity index (χ0) is 18.8. The Bertz CT molecular complexity index is 957. The van der Waals surface area contributed by atoms with Gasteiger partial charge < -0.3 is 15.1 Å². The number of rotatable bonds is 3. The van der Waals surface area contributed by atoms with Crippen LogP contribution in [0.25, 0.3) is 10.9 Å². The molecule has 4 rings (SSSR count). The van der Waals surface area contributed by atoms with Crippen molar-refractivity contribution in [2.24, 2.45) is 0 Å². The minimum absolute atomic E-state index is 0.0604. The van der Waals surface area contributed by atoms with Crippen LogP contribution in [0.3, 0.4) is 0 Å². The predicted molar refractivity (Wildman–Crippen MR) is 110 cm³/mol. The van der Waals surface area contributed by atoms with Crippen LogP contribution in [0.4, 0.5) is 16.2 Å². The molecule has 1 fully saturated rings. The van der Waals surface area contributed by atoms with E-state index in [0.29, 0.717) is 12.6 Å². The molecular weight excluding hydrogens is 336 g/mol. The molecule has 0 radical (unpaired) electrons. The summed E-state index contributed by atoms with van der Waals surface area (Å²) in [7, 11) is 2.10. The van der Waals surface area contributed by atoms with Gasteiger partial charge in [-0.25, -0.2) is 4.79 Å². The molecule has 1 aliphatic heterocycles. The summed E-state index contributed by atoms with van der Waals surface area (Å²) in [6.07, 6.45) is 0.964. The molecule has 1 saturated heterocycles. The van der Waals surface area contributed by atoms with E-state index in [2.05, 4.69) is 34.4 Å². The second kappa shape index (κ2) is 7.27. The summed E-state index contributed by atoms with van der Waals surface area (Å²) in [5.41, 5.74) is 3.72. The Morgan fingerprint density at radius 3 is 2.74 bits per heavy atom. The van der Waals surface area contributed by atoms with E-state index in [1.165, 1.54) is 5.69 Å². The first-order chi connectivity index (χ1) is 13.1. The van der Waals surface area contributed by atoms with Crippen LogP contribution >= 0.6 is 0 Å². The van der Waals surface area contributed by atoms with Gasteiger partial charge in [0.15, 0.2) is 0 Å². The minimum Gasteiger partial charge on any atom is -0.370 e. The highest BCUT2D eigenvalue weighted by Gasteiger charge is 2.29. The van der Waals surface area contributed by atoms with Gasteiger partial charge in [-0.05, 0) is 37.6 Å². The first-order valence-corrected chi connectivity index (χ1v) is 9.32. The van der Waals surface area contributed by atoms with Crippen LogP contribution < -0.4 is 10.2 Å². The highest BCUT2D eigenvalue weighted by atomic mass is 16.2. The highest BCUT2D eigenvalue weighted by Crippen LogP contribution is 2.24. The number of amides is 2. The molecule has 2 heterocycles. The smallest absolute Gasteiger partial charge is 0.321 e. The molecule has 0 aliphatic carbocycles. The quantitative estimate of drug-likeness (QED) is 0.758. The number of nitrogens with zero attached hydrogens (tertiary/aromatic N) is 3. The Balaban J connectivity index is 1.46. The maximum Gasteiger partial charge on any atom is 0.321 e. The van der Waals surface area contributed by atoms with Gasteiger partial charge in [0, 0.05) is 42.9 Å². The molecule has 2 amide bonds. The van der Waals surface area contributed by atoms with Crippen molar-refractivity contribution in [3.8, 4) is 0 Å². The number of carbonyl (C=O) groups excluding carboxylic acids is 1. The maximum atomic E-state index is 12.8. The van der Waals surface area contributed by atoms with Crippen LogP contribution in [0.5, 0.6) is 0 Å². The van der Waals surface area contributed by atoms with E-state index >= 15 is 0 Å². The second-order valence-corrected chi connectivity index (χ2v) is 7.10. The molecular formula is C22H24N4O. The molecule has 1 atom stereocenters. The number of anilines is 2. The number of carbonyl (C=O) groups is 1. The number of hydrogen-bond acceptors (Lipinski definition) is 3. The van der Waals surface area contributed by atoms with E-state index in [1.54, 1.807) is 0 Å². The van der Waals surface area contributed by atoms with Crippen molar-refractivity contribution in [2.75, 3.05) is 30.4 Å². The molecule has 0 saturated carbocycles. The summed E-state index contributed by atoms with van der Waals surface area (Å²) in [5.74, 6) is 0. The molecule has 138 valence electrons. The number of hydrogen-bond donors (Lipinski definition) is 1. The van der Waals surface area contributed by atoms with Crippen molar-refractivity contribution < 1.29 is 4.79 Å². The molecule has 5 nitrogen and oxygen atoms in total. The van der Waals surface area contributed by atoms with Gasteiger partial charge >= 0.3 is 6.03 Å². The average molecular weight is 360 g/mol. The SMILES string of the molecule is Cc1ccc2cccc(NC(=O)N3CCC(N(C)c4ccccc4)C3)c2n1. The minimum atomic E-state index is -0.0604. The molecule has 0 bridgehead atoms. The lowest BCUT2D eigenvalue weighted by Crippen LogP contribution is -2.38. The number of fused-ring (bicyclic) bond motifs is 1. The van der Waals surface area contributed by atoms with Gasteiger partial charge in [-0.3, -0.25) is 4.98 Å². The largest absolute Gasteiger partial charge is 0.370 e. The van der Waals surface area contributed by atoms with Crippen LogP contribution in [0.2, 0.25) is 0 Å². The number of aryl methyl sites for hydroxylation is 1. The molecule has 2 aromatic carbocycles. The Hall–Kier alpha value is -3.08. The van der Waals surface area contributed by atoms with Gasteiger partial charge in [0.25, 0.3) is 0 Å². The zero-order valence-electron chi connectivity index (χ0n) is 15.7. The van der Waals surface area contributed by atoms with E-state index in [1.807, 2.05) is 60.4 Å². The Kier molecular flexibility index (Phi) is 4.67. The Morgan fingerprint density at radius 1 is 1.11 bits per heavy atom. The lowest BCUT2D eigenvalue weighted by molar-refractivity contribution is 0.222. The molecule has 1 aliphatic rings. The maximum absolute atomic E-state index is 12.8. The molecule has 3 aromatic rings. The first-order valence-electron chi connectivity index (χ1n) is 9.32. The van der Waals surface area contributed by atoms with Crippen LogP contribution in [-0.4, -0.2) is 42.1 Å². The van der Waals surface area contributed by atoms with Gasteiger partial charge in [-0.2, -0.15) is 0 Å². The number of nitrogens with one attached hydrogen (secondary N) is 1. The van der Waals surface area contributed by atoms with Crippen molar-refractivity contribution in [2.45, 2.75) is 19.4 Å². The fourth-order valence-corrected chi connectivity index (χ4v) is 3.66. The lowest BCUT2D eigenvalue weighted by Gasteiger charge is -2.27. The third kappa shape index (κ3) is 3.58. The van der Waals surface area contributed by atoms with Crippen LogP contribution in [-0.2, 0) is 0 Å². The van der Waals surface area contributed by atoms with Crippen molar-refractivity contribution >= 4 is 28.3 Å². The Labute approximate surface area is 159 Å². The van der Waals surface area contributed by atoms with E-state index in [9.17, 15) is 4.79 Å². The zero-order valence-corrected chi connectivity index (χ0v) is 15.7. The summed E-state index contributed by atoms with van der Waals surface area (Å²) in [4.78, 5) is 21.6.